The van der Waals surface area contributed by atoms with Crippen LogP contribution in [0.25, 0.3) is 0 Å². The van der Waals surface area contributed by atoms with Crippen molar-refractivity contribution in [1.82, 2.24) is 5.32 Å². The van der Waals surface area contributed by atoms with Crippen molar-refractivity contribution >= 4 is 17.5 Å². The number of anilines is 1. The zero-order chi connectivity index (χ0) is 15.8. The van der Waals surface area contributed by atoms with Crippen LogP contribution in [0.1, 0.15) is 22.3 Å². The Hall–Kier alpha value is -3.13. The number of hydrogen-bond donors (Lipinski definition) is 2. The van der Waals surface area contributed by atoms with Crippen LogP contribution in [0.5, 0.6) is 0 Å². The lowest BCUT2D eigenvalue weighted by atomic mass is 10.1. The van der Waals surface area contributed by atoms with Gasteiger partial charge in [-0.3, -0.25) is 9.59 Å². The molecule has 2 amide bonds. The van der Waals surface area contributed by atoms with Crippen LogP contribution in [-0.2, 0) is 11.3 Å². The van der Waals surface area contributed by atoms with Gasteiger partial charge in [0.2, 0.25) is 5.91 Å². The SMILES string of the molecule is N#CCC(=O)NCc1cccc(NC(=O)c2ccccc2)c1. The van der Waals surface area contributed by atoms with Gasteiger partial charge in [-0.15, -0.1) is 0 Å². The van der Waals surface area contributed by atoms with E-state index < -0.39 is 0 Å². The monoisotopic (exact) mass is 293 g/mol. The average molecular weight is 293 g/mol. The number of nitrogens with zero attached hydrogens (tertiary/aromatic N) is 1. The molecule has 0 unspecified atom stereocenters. The lowest BCUT2D eigenvalue weighted by molar-refractivity contribution is -0.120. The Morgan fingerprint density at radius 1 is 1.05 bits per heavy atom. The number of carbonyl (C=O) groups is 2. The molecule has 0 aromatic heterocycles. The van der Waals surface area contributed by atoms with Gasteiger partial charge in [-0.05, 0) is 29.8 Å². The van der Waals surface area contributed by atoms with E-state index >= 15 is 0 Å². The summed E-state index contributed by atoms with van der Waals surface area (Å²) in [6.07, 6.45) is -0.162. The Bertz CT molecular complexity index is 705. The first-order valence-electron chi connectivity index (χ1n) is 6.78. The van der Waals surface area contributed by atoms with Crippen molar-refractivity contribution < 1.29 is 9.59 Å². The van der Waals surface area contributed by atoms with Crippen molar-refractivity contribution in [3.63, 3.8) is 0 Å². The van der Waals surface area contributed by atoms with E-state index in [1.165, 1.54) is 0 Å². The molecule has 5 heteroatoms. The van der Waals surface area contributed by atoms with Crippen LogP contribution < -0.4 is 10.6 Å². The largest absolute Gasteiger partial charge is 0.351 e. The zero-order valence-corrected chi connectivity index (χ0v) is 11.9. The van der Waals surface area contributed by atoms with E-state index in [2.05, 4.69) is 10.6 Å². The maximum absolute atomic E-state index is 12.1. The quantitative estimate of drug-likeness (QED) is 0.888. The van der Waals surface area contributed by atoms with Crippen molar-refractivity contribution in [1.29, 1.82) is 5.26 Å². The molecular weight excluding hydrogens is 278 g/mol. The fraction of sp³-hybridized carbons (Fsp3) is 0.118. The molecule has 0 heterocycles. The van der Waals surface area contributed by atoms with Crippen molar-refractivity contribution in [3.05, 3.63) is 65.7 Å². The topological polar surface area (TPSA) is 82.0 Å². The molecule has 0 spiro atoms. The Balaban J connectivity index is 1.98. The summed E-state index contributed by atoms with van der Waals surface area (Å²) in [7, 11) is 0. The van der Waals surface area contributed by atoms with E-state index in [0.29, 0.717) is 17.8 Å². The van der Waals surface area contributed by atoms with Crippen molar-refractivity contribution in [3.8, 4) is 6.07 Å². The Labute approximate surface area is 128 Å². The first-order chi connectivity index (χ1) is 10.7. The summed E-state index contributed by atoms with van der Waals surface area (Å²) in [5.74, 6) is -0.507. The molecule has 2 aromatic carbocycles. The van der Waals surface area contributed by atoms with Crippen LogP contribution in [0.15, 0.2) is 54.6 Å². The molecule has 22 heavy (non-hydrogen) atoms. The van der Waals surface area contributed by atoms with Crippen LogP contribution in [0, 0.1) is 11.3 Å². The van der Waals surface area contributed by atoms with Crippen LogP contribution in [0.2, 0.25) is 0 Å². The highest BCUT2D eigenvalue weighted by molar-refractivity contribution is 6.04. The summed E-state index contributed by atoms with van der Waals surface area (Å²) in [4.78, 5) is 23.3. The Morgan fingerprint density at radius 3 is 2.55 bits per heavy atom. The highest BCUT2D eigenvalue weighted by Crippen LogP contribution is 2.12. The highest BCUT2D eigenvalue weighted by atomic mass is 16.2. The number of nitriles is 1. The number of nitrogens with one attached hydrogen (secondary N) is 2. The fourth-order valence-electron chi connectivity index (χ4n) is 1.89. The molecule has 0 atom stereocenters. The molecule has 0 fully saturated rings. The van der Waals surface area contributed by atoms with Gasteiger partial charge >= 0.3 is 0 Å². The second-order valence-corrected chi connectivity index (χ2v) is 4.63. The van der Waals surface area contributed by atoms with Gasteiger partial charge in [-0.2, -0.15) is 5.26 Å². The minimum absolute atomic E-state index is 0.162. The van der Waals surface area contributed by atoms with Crippen LogP contribution in [0.4, 0.5) is 5.69 Å². The maximum Gasteiger partial charge on any atom is 0.255 e. The van der Waals surface area contributed by atoms with E-state index in [-0.39, 0.29) is 18.2 Å². The summed E-state index contributed by atoms with van der Waals surface area (Å²) >= 11 is 0. The molecule has 0 saturated carbocycles. The van der Waals surface area contributed by atoms with Gasteiger partial charge in [0.25, 0.3) is 5.91 Å². The van der Waals surface area contributed by atoms with Gasteiger partial charge in [0.05, 0.1) is 6.07 Å². The number of benzene rings is 2. The van der Waals surface area contributed by atoms with Gasteiger partial charge in [-0.1, -0.05) is 30.3 Å². The third kappa shape index (κ3) is 4.46. The van der Waals surface area contributed by atoms with Crippen molar-refractivity contribution in [2.45, 2.75) is 13.0 Å². The maximum atomic E-state index is 12.1. The summed E-state index contributed by atoms with van der Waals surface area (Å²) in [5, 5.41) is 13.9. The second-order valence-electron chi connectivity index (χ2n) is 4.63. The normalized spacial score (nSPS) is 9.59. The molecular formula is C17H15N3O2. The van der Waals surface area contributed by atoms with Crippen LogP contribution in [-0.4, -0.2) is 11.8 Å². The molecule has 2 N–H and O–H groups in total. The van der Waals surface area contributed by atoms with Crippen molar-refractivity contribution in [2.24, 2.45) is 0 Å². The summed E-state index contributed by atoms with van der Waals surface area (Å²) in [6.45, 7) is 0.315. The van der Waals surface area contributed by atoms with E-state index in [1.54, 1.807) is 48.5 Å². The first kappa shape index (κ1) is 15.3. The molecule has 0 saturated heterocycles. The zero-order valence-electron chi connectivity index (χ0n) is 11.9. The van der Waals surface area contributed by atoms with Gasteiger partial charge in [0.1, 0.15) is 6.42 Å². The smallest absolute Gasteiger partial charge is 0.255 e. The highest BCUT2D eigenvalue weighted by Gasteiger charge is 2.06. The molecule has 5 nitrogen and oxygen atoms in total. The molecule has 0 bridgehead atoms. The fourth-order valence-corrected chi connectivity index (χ4v) is 1.89. The predicted octanol–water partition coefficient (Wildman–Crippen LogP) is 2.47. The Kier molecular flexibility index (Phi) is 5.27. The van der Waals surface area contributed by atoms with Gasteiger partial charge < -0.3 is 10.6 Å². The molecule has 0 aliphatic carbocycles. The average Bonchev–Trinajstić information content (AvgIpc) is 2.54. The predicted molar refractivity (Wildman–Crippen MR) is 82.9 cm³/mol. The third-order valence-electron chi connectivity index (χ3n) is 2.95. The standard InChI is InChI=1S/C17H15N3O2/c18-10-9-16(21)19-12-13-5-4-8-15(11-13)20-17(22)14-6-2-1-3-7-14/h1-8,11H,9,12H2,(H,19,21)(H,20,22). The minimum Gasteiger partial charge on any atom is -0.351 e. The van der Waals surface area contributed by atoms with Crippen LogP contribution in [0.3, 0.4) is 0 Å². The summed E-state index contributed by atoms with van der Waals surface area (Å²) in [5.41, 5.74) is 2.08. The van der Waals surface area contributed by atoms with Gasteiger partial charge in [-0.25, -0.2) is 0 Å². The van der Waals surface area contributed by atoms with Gasteiger partial charge in [0.15, 0.2) is 0 Å². The molecule has 0 aliphatic heterocycles. The number of carbonyl (C=O) groups excluding carboxylic acids is 2. The first-order valence-corrected chi connectivity index (χ1v) is 6.78. The molecule has 2 rings (SSSR count). The molecule has 0 radical (unpaired) electrons. The van der Waals surface area contributed by atoms with Gasteiger partial charge in [0, 0.05) is 17.8 Å². The minimum atomic E-state index is -0.318. The Morgan fingerprint density at radius 2 is 1.82 bits per heavy atom. The summed E-state index contributed by atoms with van der Waals surface area (Å²) < 4.78 is 0. The molecule has 110 valence electrons. The van der Waals surface area contributed by atoms with E-state index in [9.17, 15) is 9.59 Å². The second kappa shape index (κ2) is 7.60. The van der Waals surface area contributed by atoms with Crippen molar-refractivity contribution in [2.75, 3.05) is 5.32 Å². The molecule has 0 aliphatic rings. The lowest BCUT2D eigenvalue weighted by Crippen LogP contribution is -2.21. The number of amides is 2. The number of hydrogen-bond acceptors (Lipinski definition) is 3. The van der Waals surface area contributed by atoms with E-state index in [1.807, 2.05) is 12.1 Å². The van der Waals surface area contributed by atoms with E-state index in [4.69, 9.17) is 5.26 Å². The van der Waals surface area contributed by atoms with Crippen LogP contribution >= 0.6 is 0 Å². The summed E-state index contributed by atoms with van der Waals surface area (Å²) in [6, 6.07) is 17.9. The van der Waals surface area contributed by atoms with E-state index in [0.717, 1.165) is 5.56 Å². The molecule has 2 aromatic rings. The number of rotatable bonds is 5. The third-order valence-corrected chi connectivity index (χ3v) is 2.95. The lowest BCUT2D eigenvalue weighted by Gasteiger charge is -2.08.